The fraction of sp³-hybridized carbons (Fsp3) is 0.857. The minimum absolute atomic E-state index is 0.0566. The fourth-order valence-electron chi connectivity index (χ4n) is 2.99. The number of nitriles is 1. The SMILES string of the molecule is COCO[C@@H]([C@@H](C)C#N)[C@]1([CH2][Hg][Br])N=C(C(Cl)(Cl)Cl)O[C@@H]1C(C)C. The quantitative estimate of drug-likeness (QED) is 0.221. The molecule has 24 heavy (non-hydrogen) atoms. The molecule has 5 nitrogen and oxygen atoms in total. The predicted molar refractivity (Wildman–Crippen MR) is 95.4 cm³/mol. The maximum absolute atomic E-state index is 9.47. The van der Waals surface area contributed by atoms with Gasteiger partial charge in [-0.05, 0) is 0 Å². The summed E-state index contributed by atoms with van der Waals surface area (Å²) in [6, 6.07) is 2.25. The van der Waals surface area contributed by atoms with Crippen molar-refractivity contribution in [1.29, 1.82) is 5.26 Å². The maximum atomic E-state index is 9.47. The van der Waals surface area contributed by atoms with Crippen molar-refractivity contribution >= 4 is 52.6 Å². The molecule has 4 atom stereocenters. The first kappa shape index (κ1) is 23.2. The van der Waals surface area contributed by atoms with Crippen LogP contribution in [0.4, 0.5) is 0 Å². The molecule has 10 heteroatoms. The zero-order chi connectivity index (χ0) is 18.5. The Kier molecular flexibility index (Phi) is 9.59. The van der Waals surface area contributed by atoms with Crippen molar-refractivity contribution < 1.29 is 36.4 Å². The van der Waals surface area contributed by atoms with E-state index in [0.29, 0.717) is 0 Å². The zero-order valence-electron chi connectivity index (χ0n) is 14.1. The van der Waals surface area contributed by atoms with Crippen LogP contribution >= 0.6 is 46.7 Å². The minimum atomic E-state index is -1.75. The third-order valence-electron chi connectivity index (χ3n) is 3.90. The first-order valence-corrected chi connectivity index (χ1v) is 24.5. The molecule has 0 bridgehead atoms. The van der Waals surface area contributed by atoms with E-state index in [0.717, 1.165) is 3.93 Å². The third-order valence-corrected chi connectivity index (χ3v) is 11.7. The van der Waals surface area contributed by atoms with E-state index in [9.17, 15) is 5.26 Å². The number of methoxy groups -OCH3 is 1. The Morgan fingerprint density at radius 1 is 1.46 bits per heavy atom. The van der Waals surface area contributed by atoms with Gasteiger partial charge in [-0.1, -0.05) is 0 Å². The Morgan fingerprint density at radius 3 is 2.50 bits per heavy atom. The molecule has 1 rings (SSSR count). The van der Waals surface area contributed by atoms with Crippen LogP contribution in [-0.4, -0.2) is 41.3 Å². The number of aliphatic imine (C=N–C) groups is 1. The van der Waals surface area contributed by atoms with Gasteiger partial charge in [0.05, 0.1) is 0 Å². The first-order valence-electron chi connectivity index (χ1n) is 7.53. The predicted octanol–water partition coefficient (Wildman–Crippen LogP) is 4.51. The number of nitrogens with zero attached hydrogens (tertiary/aromatic N) is 2. The molecular formula is C14H20BrCl3HgN2O3. The van der Waals surface area contributed by atoms with Gasteiger partial charge in [0, 0.05) is 0 Å². The monoisotopic (exact) mass is 650 g/mol. The topological polar surface area (TPSA) is 63.8 Å². The molecule has 1 aliphatic heterocycles. The second-order valence-electron chi connectivity index (χ2n) is 6.04. The van der Waals surface area contributed by atoms with Gasteiger partial charge in [-0.2, -0.15) is 0 Å². The van der Waals surface area contributed by atoms with Crippen molar-refractivity contribution in [3.8, 4) is 6.07 Å². The van der Waals surface area contributed by atoms with Crippen molar-refractivity contribution in [3.05, 3.63) is 0 Å². The fourth-order valence-corrected chi connectivity index (χ4v) is 12.7. The van der Waals surface area contributed by atoms with E-state index in [1.54, 1.807) is 6.92 Å². The number of alkyl halides is 3. The number of rotatable bonds is 8. The van der Waals surface area contributed by atoms with Gasteiger partial charge in [0.15, 0.2) is 0 Å². The molecule has 0 radical (unpaired) electrons. The van der Waals surface area contributed by atoms with Crippen LogP contribution in [0.1, 0.15) is 20.8 Å². The molecule has 0 fully saturated rings. The summed E-state index contributed by atoms with van der Waals surface area (Å²) in [4.78, 5) is 4.70. The molecule has 0 saturated carbocycles. The molecule has 1 aliphatic rings. The van der Waals surface area contributed by atoms with Gasteiger partial charge in [-0.25, -0.2) is 0 Å². The standard InChI is InChI=1S/C14H20Cl3N2O3.BrH.Hg/c1-8(2)10-13(4,19-12(22-10)14(15,16)17)11(9(3)6-18)21-7-20-5;;/h8-11H,4,7H2,1-3,5H3;1H;/q;;+1/p-1/t9-,10+,11-,13+;;/m0../s1. The van der Waals surface area contributed by atoms with E-state index in [4.69, 9.17) is 54.0 Å². The van der Waals surface area contributed by atoms with Gasteiger partial charge in [0.2, 0.25) is 0 Å². The summed E-state index contributed by atoms with van der Waals surface area (Å²) in [7, 11) is 1.53. The second kappa shape index (κ2) is 9.91. The molecule has 0 aliphatic carbocycles. The molecule has 0 saturated heterocycles. The molecular weight excluding hydrogens is 631 g/mol. The zero-order valence-corrected chi connectivity index (χ0v) is 23.4. The Balaban J connectivity index is 3.43. The van der Waals surface area contributed by atoms with Crippen LogP contribution in [0, 0.1) is 23.2 Å². The van der Waals surface area contributed by atoms with E-state index < -0.39 is 43.5 Å². The van der Waals surface area contributed by atoms with Crippen molar-refractivity contribution in [1.82, 2.24) is 0 Å². The summed E-state index contributed by atoms with van der Waals surface area (Å²) in [5.41, 5.74) is -0.758. The van der Waals surface area contributed by atoms with Crippen molar-refractivity contribution in [2.45, 2.75) is 46.2 Å². The van der Waals surface area contributed by atoms with Gasteiger partial charge >= 0.3 is 177 Å². The Bertz CT molecular complexity index is 499. The summed E-state index contributed by atoms with van der Waals surface area (Å²) in [5, 5.41) is 9.47. The third kappa shape index (κ3) is 5.34. The summed E-state index contributed by atoms with van der Waals surface area (Å²) in [6.45, 7) is 5.89. The van der Waals surface area contributed by atoms with Gasteiger partial charge in [-0.3, -0.25) is 0 Å². The summed E-state index contributed by atoms with van der Waals surface area (Å²) < 4.78 is 15.9. The number of ether oxygens (including phenoxy) is 3. The summed E-state index contributed by atoms with van der Waals surface area (Å²) in [6.07, 6.45) is -0.851. The van der Waals surface area contributed by atoms with E-state index in [-0.39, 0.29) is 24.7 Å². The first-order chi connectivity index (χ1) is 11.1. The van der Waals surface area contributed by atoms with Crippen LogP contribution < -0.4 is 0 Å². The molecule has 0 unspecified atom stereocenters. The Morgan fingerprint density at radius 2 is 2.08 bits per heavy atom. The average Bonchev–Trinajstić information content (AvgIpc) is 2.88. The molecule has 0 spiro atoms. The second-order valence-corrected chi connectivity index (χ2v) is 18.7. The van der Waals surface area contributed by atoms with Crippen LogP contribution in [0.25, 0.3) is 0 Å². The molecule has 0 N–H and O–H groups in total. The summed E-state index contributed by atoms with van der Waals surface area (Å²) in [5.74, 6) is -0.252. The van der Waals surface area contributed by atoms with Crippen LogP contribution in [0.5, 0.6) is 0 Å². The molecule has 1 heterocycles. The van der Waals surface area contributed by atoms with Crippen LogP contribution in [-0.2, 0) is 36.4 Å². The van der Waals surface area contributed by atoms with Gasteiger partial charge in [0.25, 0.3) is 0 Å². The van der Waals surface area contributed by atoms with E-state index in [1.807, 2.05) is 13.8 Å². The molecule has 0 aromatic heterocycles. The van der Waals surface area contributed by atoms with Crippen molar-refractivity contribution in [2.24, 2.45) is 16.8 Å². The molecule has 134 valence electrons. The van der Waals surface area contributed by atoms with Crippen LogP contribution in [0.2, 0.25) is 3.93 Å². The van der Waals surface area contributed by atoms with Gasteiger partial charge in [0.1, 0.15) is 0 Å². The van der Waals surface area contributed by atoms with Crippen molar-refractivity contribution in [2.75, 3.05) is 13.9 Å². The molecule has 0 amide bonds. The number of hydrogen-bond donors (Lipinski definition) is 0. The van der Waals surface area contributed by atoms with Gasteiger partial charge in [-0.15, -0.1) is 0 Å². The van der Waals surface area contributed by atoms with Gasteiger partial charge < -0.3 is 0 Å². The molecule has 0 aromatic rings. The Labute approximate surface area is 176 Å². The van der Waals surface area contributed by atoms with E-state index in [2.05, 4.69) is 18.0 Å². The summed E-state index contributed by atoms with van der Waals surface area (Å²) >= 11 is 20.3. The molecule has 0 aromatic carbocycles. The van der Waals surface area contributed by atoms with Crippen LogP contribution in [0.3, 0.4) is 0 Å². The van der Waals surface area contributed by atoms with E-state index >= 15 is 0 Å². The average molecular weight is 651 g/mol. The van der Waals surface area contributed by atoms with Crippen molar-refractivity contribution in [3.63, 3.8) is 0 Å². The van der Waals surface area contributed by atoms with E-state index in [1.165, 1.54) is 7.11 Å². The van der Waals surface area contributed by atoms with Crippen LogP contribution in [0.15, 0.2) is 4.99 Å². The number of hydrogen-bond acceptors (Lipinski definition) is 5. The number of halogens is 4. The Hall–Kier alpha value is 1.17. The normalized spacial score (nSPS) is 26.3.